The summed E-state index contributed by atoms with van der Waals surface area (Å²) in [7, 11) is 2.05. The van der Waals surface area contributed by atoms with Crippen molar-refractivity contribution in [1.82, 2.24) is 4.90 Å². The molecule has 0 N–H and O–H groups in total. The van der Waals surface area contributed by atoms with E-state index in [9.17, 15) is 4.79 Å². The summed E-state index contributed by atoms with van der Waals surface area (Å²) < 4.78 is 0. The number of carbonyl (C=O) groups is 1. The molecular formula is C10H19NO. The minimum Gasteiger partial charge on any atom is -0.302 e. The van der Waals surface area contributed by atoms with Crippen LogP contribution in [0.1, 0.15) is 33.6 Å². The van der Waals surface area contributed by atoms with Gasteiger partial charge in [-0.15, -0.1) is 0 Å². The van der Waals surface area contributed by atoms with Crippen molar-refractivity contribution in [2.45, 2.75) is 45.7 Å². The molecule has 0 radical (unpaired) electrons. The Morgan fingerprint density at radius 2 is 2.17 bits per heavy atom. The maximum absolute atomic E-state index is 10.6. The third kappa shape index (κ3) is 1.53. The first-order valence-electron chi connectivity index (χ1n) is 4.66. The summed E-state index contributed by atoms with van der Waals surface area (Å²) in [6.07, 6.45) is 3.55. The molecule has 70 valence electrons. The lowest BCUT2D eigenvalue weighted by Crippen LogP contribution is -2.53. The second-order valence-corrected chi connectivity index (χ2v) is 4.59. The highest BCUT2D eigenvalue weighted by molar-refractivity contribution is 5.56. The van der Waals surface area contributed by atoms with Crippen LogP contribution in [-0.4, -0.2) is 30.3 Å². The van der Waals surface area contributed by atoms with Crippen LogP contribution < -0.4 is 0 Å². The summed E-state index contributed by atoms with van der Waals surface area (Å²) in [6, 6.07) is 0.660. The summed E-state index contributed by atoms with van der Waals surface area (Å²) in [5.74, 6) is 0. The number of likely N-dealkylation sites (N-methyl/N-ethyl adjacent to an activating group) is 1. The van der Waals surface area contributed by atoms with E-state index in [0.717, 1.165) is 6.29 Å². The first kappa shape index (κ1) is 9.72. The van der Waals surface area contributed by atoms with Gasteiger partial charge in [-0.25, -0.2) is 0 Å². The Kier molecular flexibility index (Phi) is 2.57. The second-order valence-electron chi connectivity index (χ2n) is 4.59. The van der Waals surface area contributed by atoms with Crippen LogP contribution >= 0.6 is 0 Å². The molecule has 2 unspecified atom stereocenters. The van der Waals surface area contributed by atoms with Crippen molar-refractivity contribution in [2.24, 2.45) is 5.41 Å². The molecular weight excluding hydrogens is 150 g/mol. The van der Waals surface area contributed by atoms with Crippen molar-refractivity contribution < 1.29 is 4.79 Å². The van der Waals surface area contributed by atoms with Gasteiger partial charge in [-0.05, 0) is 32.2 Å². The van der Waals surface area contributed by atoms with E-state index in [-0.39, 0.29) is 6.04 Å². The van der Waals surface area contributed by atoms with Gasteiger partial charge in [0.05, 0.1) is 6.04 Å². The van der Waals surface area contributed by atoms with Crippen molar-refractivity contribution in [3.8, 4) is 0 Å². The molecule has 0 heterocycles. The van der Waals surface area contributed by atoms with Gasteiger partial charge < -0.3 is 4.79 Å². The van der Waals surface area contributed by atoms with E-state index >= 15 is 0 Å². The standard InChI is InChI=1S/C10H19NO/c1-8(7-12)11(4)9-5-6-10(9,2)3/h7-9H,5-6H2,1-4H3. The van der Waals surface area contributed by atoms with Gasteiger partial charge in [0.1, 0.15) is 6.29 Å². The van der Waals surface area contributed by atoms with Gasteiger partial charge in [-0.2, -0.15) is 0 Å². The van der Waals surface area contributed by atoms with Crippen LogP contribution in [0.5, 0.6) is 0 Å². The van der Waals surface area contributed by atoms with Gasteiger partial charge in [0, 0.05) is 6.04 Å². The Bertz CT molecular complexity index is 177. The van der Waals surface area contributed by atoms with Crippen molar-refractivity contribution in [1.29, 1.82) is 0 Å². The average Bonchev–Trinajstić information content (AvgIpc) is 2.01. The minimum atomic E-state index is 0.0644. The quantitative estimate of drug-likeness (QED) is 0.599. The Morgan fingerprint density at radius 3 is 2.42 bits per heavy atom. The highest BCUT2D eigenvalue weighted by Gasteiger charge is 2.41. The van der Waals surface area contributed by atoms with Crippen LogP contribution in [0.2, 0.25) is 0 Å². The van der Waals surface area contributed by atoms with Gasteiger partial charge in [0.2, 0.25) is 0 Å². The Morgan fingerprint density at radius 1 is 1.58 bits per heavy atom. The third-order valence-corrected chi connectivity index (χ3v) is 3.30. The number of hydrogen-bond donors (Lipinski definition) is 0. The molecule has 1 fully saturated rings. The van der Waals surface area contributed by atoms with Gasteiger partial charge in [-0.3, -0.25) is 4.90 Å². The molecule has 0 aliphatic heterocycles. The lowest BCUT2D eigenvalue weighted by Gasteiger charge is -2.50. The Labute approximate surface area is 74.9 Å². The number of aldehydes is 1. The van der Waals surface area contributed by atoms with Gasteiger partial charge in [0.15, 0.2) is 0 Å². The molecule has 2 nitrogen and oxygen atoms in total. The van der Waals surface area contributed by atoms with Crippen LogP contribution in [0.4, 0.5) is 0 Å². The second kappa shape index (κ2) is 3.17. The van der Waals surface area contributed by atoms with E-state index in [1.807, 2.05) is 14.0 Å². The molecule has 2 heteroatoms. The van der Waals surface area contributed by atoms with Crippen LogP contribution in [0, 0.1) is 5.41 Å². The topological polar surface area (TPSA) is 20.3 Å². The molecule has 0 aromatic heterocycles. The van der Waals surface area contributed by atoms with Crippen LogP contribution in [0.25, 0.3) is 0 Å². The van der Waals surface area contributed by atoms with E-state index in [0.29, 0.717) is 11.5 Å². The first-order chi connectivity index (χ1) is 5.49. The fourth-order valence-electron chi connectivity index (χ4n) is 1.99. The van der Waals surface area contributed by atoms with Crippen LogP contribution in [0.15, 0.2) is 0 Å². The highest BCUT2D eigenvalue weighted by atomic mass is 16.1. The molecule has 0 bridgehead atoms. The summed E-state index contributed by atoms with van der Waals surface area (Å²) >= 11 is 0. The molecule has 1 saturated carbocycles. The van der Waals surface area contributed by atoms with E-state index in [2.05, 4.69) is 18.7 Å². The minimum absolute atomic E-state index is 0.0644. The molecule has 12 heavy (non-hydrogen) atoms. The van der Waals surface area contributed by atoms with Gasteiger partial charge in [-0.1, -0.05) is 13.8 Å². The summed E-state index contributed by atoms with van der Waals surface area (Å²) in [4.78, 5) is 12.8. The molecule has 1 rings (SSSR count). The Balaban J connectivity index is 2.53. The van der Waals surface area contributed by atoms with E-state index in [1.54, 1.807) is 0 Å². The lowest BCUT2D eigenvalue weighted by molar-refractivity contribution is -0.114. The maximum atomic E-state index is 10.6. The molecule has 0 spiro atoms. The SMILES string of the molecule is CC(C=O)N(C)C1CCC1(C)C. The lowest BCUT2D eigenvalue weighted by atomic mass is 9.66. The monoisotopic (exact) mass is 169 g/mol. The molecule has 0 aromatic carbocycles. The molecule has 1 aliphatic rings. The zero-order valence-electron chi connectivity index (χ0n) is 8.50. The molecule has 2 atom stereocenters. The van der Waals surface area contributed by atoms with Crippen molar-refractivity contribution in [3.63, 3.8) is 0 Å². The number of hydrogen-bond acceptors (Lipinski definition) is 2. The van der Waals surface area contributed by atoms with Crippen LogP contribution in [-0.2, 0) is 4.79 Å². The molecule has 1 aliphatic carbocycles. The zero-order valence-corrected chi connectivity index (χ0v) is 8.50. The first-order valence-corrected chi connectivity index (χ1v) is 4.66. The highest BCUT2D eigenvalue weighted by Crippen LogP contribution is 2.43. The van der Waals surface area contributed by atoms with E-state index in [4.69, 9.17) is 0 Å². The maximum Gasteiger partial charge on any atom is 0.136 e. The number of carbonyl (C=O) groups excluding carboxylic acids is 1. The third-order valence-electron chi connectivity index (χ3n) is 3.30. The van der Waals surface area contributed by atoms with Crippen molar-refractivity contribution in [3.05, 3.63) is 0 Å². The Hall–Kier alpha value is -0.370. The zero-order chi connectivity index (χ0) is 9.35. The predicted octanol–water partition coefficient (Wildman–Crippen LogP) is 1.69. The summed E-state index contributed by atoms with van der Waals surface area (Å²) in [6.45, 7) is 6.51. The van der Waals surface area contributed by atoms with Gasteiger partial charge >= 0.3 is 0 Å². The van der Waals surface area contributed by atoms with E-state index < -0.39 is 0 Å². The van der Waals surface area contributed by atoms with Gasteiger partial charge in [0.25, 0.3) is 0 Å². The number of nitrogens with zero attached hydrogens (tertiary/aromatic N) is 1. The smallest absolute Gasteiger partial charge is 0.136 e. The van der Waals surface area contributed by atoms with E-state index in [1.165, 1.54) is 12.8 Å². The molecule has 0 aromatic rings. The van der Waals surface area contributed by atoms with Crippen molar-refractivity contribution in [2.75, 3.05) is 7.05 Å². The predicted molar refractivity (Wildman–Crippen MR) is 50.1 cm³/mol. The largest absolute Gasteiger partial charge is 0.302 e. The fraction of sp³-hybridized carbons (Fsp3) is 0.900. The fourth-order valence-corrected chi connectivity index (χ4v) is 1.99. The molecule has 0 saturated heterocycles. The van der Waals surface area contributed by atoms with Crippen LogP contribution in [0.3, 0.4) is 0 Å². The summed E-state index contributed by atoms with van der Waals surface area (Å²) in [5, 5.41) is 0. The normalized spacial score (nSPS) is 29.6. The average molecular weight is 169 g/mol. The number of rotatable bonds is 3. The molecule has 0 amide bonds. The summed E-state index contributed by atoms with van der Waals surface area (Å²) in [5.41, 5.74) is 0.409. The van der Waals surface area contributed by atoms with Crippen molar-refractivity contribution >= 4 is 6.29 Å².